The second kappa shape index (κ2) is 3.79. The van der Waals surface area contributed by atoms with E-state index in [0.29, 0.717) is 0 Å². The molecule has 0 amide bonds. The maximum absolute atomic E-state index is 13.0. The number of alkyl halides is 3. The van der Waals surface area contributed by atoms with E-state index in [1.807, 2.05) is 0 Å². The summed E-state index contributed by atoms with van der Waals surface area (Å²) < 4.78 is 42.6. The van der Waals surface area contributed by atoms with Gasteiger partial charge in [-0.2, -0.15) is 8.78 Å². The van der Waals surface area contributed by atoms with Gasteiger partial charge in [-0.05, 0) is 6.07 Å². The van der Waals surface area contributed by atoms with Crippen molar-refractivity contribution in [2.45, 2.75) is 12.3 Å². The smallest absolute Gasteiger partial charge is 0.328 e. The second-order valence-electron chi connectivity index (χ2n) is 2.45. The van der Waals surface area contributed by atoms with Crippen molar-refractivity contribution in [1.29, 1.82) is 0 Å². The highest BCUT2D eigenvalue weighted by Crippen LogP contribution is 2.33. The Labute approximate surface area is 74.1 Å². The van der Waals surface area contributed by atoms with Crippen LogP contribution < -0.4 is 0 Å². The first-order chi connectivity index (χ1) is 6.09. The Hall–Kier alpha value is -1.03. The van der Waals surface area contributed by atoms with Gasteiger partial charge < -0.3 is 4.74 Å². The van der Waals surface area contributed by atoms with Crippen LogP contribution in [-0.4, -0.2) is 13.5 Å². The van der Waals surface area contributed by atoms with Gasteiger partial charge in [-0.3, -0.25) is 0 Å². The van der Waals surface area contributed by atoms with Crippen molar-refractivity contribution in [2.24, 2.45) is 0 Å². The predicted octanol–water partition coefficient (Wildman–Crippen LogP) is 2.52. The summed E-state index contributed by atoms with van der Waals surface area (Å²) >= 11 is 0. The Morgan fingerprint density at radius 1 is 1.46 bits per heavy atom. The van der Waals surface area contributed by atoms with E-state index in [0.717, 1.165) is 13.2 Å². The average Bonchev–Trinajstić information content (AvgIpc) is 2.18. The lowest BCUT2D eigenvalue weighted by Crippen LogP contribution is -2.28. The van der Waals surface area contributed by atoms with Crippen LogP contribution in [0.2, 0.25) is 0 Å². The fourth-order valence-electron chi connectivity index (χ4n) is 0.871. The van der Waals surface area contributed by atoms with Crippen LogP contribution in [0.1, 0.15) is 5.56 Å². The van der Waals surface area contributed by atoms with E-state index in [2.05, 4.69) is 10.8 Å². The Morgan fingerprint density at radius 3 is 2.62 bits per heavy atom. The highest BCUT2D eigenvalue weighted by atomic mass is 19.3. The van der Waals surface area contributed by atoms with Crippen molar-refractivity contribution >= 4 is 0 Å². The molecular weight excluding hydrogens is 181 g/mol. The summed E-state index contributed by atoms with van der Waals surface area (Å²) in [5, 5.41) is 0. The summed E-state index contributed by atoms with van der Waals surface area (Å²) in [7, 11) is 0.890. The molecule has 0 aliphatic rings. The zero-order valence-corrected chi connectivity index (χ0v) is 6.93. The third-order valence-electron chi connectivity index (χ3n) is 1.56. The van der Waals surface area contributed by atoms with Crippen LogP contribution in [0.25, 0.3) is 0 Å². The van der Waals surface area contributed by atoms with Gasteiger partial charge in [0.2, 0.25) is 0 Å². The van der Waals surface area contributed by atoms with Crippen molar-refractivity contribution in [2.75, 3.05) is 7.11 Å². The van der Waals surface area contributed by atoms with Gasteiger partial charge >= 0.3 is 5.92 Å². The summed E-state index contributed by atoms with van der Waals surface area (Å²) in [6, 6.07) is 7.57. The van der Waals surface area contributed by atoms with Gasteiger partial charge in [0.25, 0.3) is 6.36 Å². The molecule has 0 aliphatic carbocycles. The van der Waals surface area contributed by atoms with Gasteiger partial charge in [0.05, 0.1) is 0 Å². The van der Waals surface area contributed by atoms with Gasteiger partial charge in [-0.15, -0.1) is 0 Å². The molecule has 71 valence electrons. The van der Waals surface area contributed by atoms with Crippen LogP contribution >= 0.6 is 0 Å². The molecule has 1 aromatic rings. The zero-order chi connectivity index (χ0) is 9.90. The van der Waals surface area contributed by atoms with Crippen LogP contribution in [0, 0.1) is 6.07 Å². The summed E-state index contributed by atoms with van der Waals surface area (Å²) in [6.45, 7) is 0. The van der Waals surface area contributed by atoms with Crippen LogP contribution in [0.3, 0.4) is 0 Å². The standard InChI is InChI=1S/C9H8F3O/c1-13-8(10)9(11,12)7-5-3-2-4-6-7/h2-5,8H,1H3. The fourth-order valence-corrected chi connectivity index (χ4v) is 0.871. The van der Waals surface area contributed by atoms with Crippen molar-refractivity contribution in [3.63, 3.8) is 0 Å². The van der Waals surface area contributed by atoms with Crippen LogP contribution in [0.15, 0.2) is 24.3 Å². The van der Waals surface area contributed by atoms with Gasteiger partial charge in [0.15, 0.2) is 0 Å². The maximum atomic E-state index is 13.0. The number of ether oxygens (including phenoxy) is 1. The molecular formula is C9H8F3O. The second-order valence-corrected chi connectivity index (χ2v) is 2.45. The van der Waals surface area contributed by atoms with E-state index < -0.39 is 17.8 Å². The van der Waals surface area contributed by atoms with Gasteiger partial charge in [0.1, 0.15) is 0 Å². The number of hydrogen-bond acceptors (Lipinski definition) is 1. The van der Waals surface area contributed by atoms with Gasteiger partial charge in [-0.1, -0.05) is 24.3 Å². The summed E-state index contributed by atoms with van der Waals surface area (Å²) in [5.41, 5.74) is -0.510. The average molecular weight is 189 g/mol. The molecule has 1 aromatic carbocycles. The molecule has 0 bridgehead atoms. The number of rotatable bonds is 3. The molecule has 1 nitrogen and oxygen atoms in total. The maximum Gasteiger partial charge on any atom is 0.328 e. The third kappa shape index (κ3) is 2.01. The van der Waals surface area contributed by atoms with E-state index in [1.165, 1.54) is 18.2 Å². The van der Waals surface area contributed by atoms with E-state index in [1.54, 1.807) is 0 Å². The SMILES string of the molecule is COC(F)C(F)(F)c1[c]cccc1. The molecule has 13 heavy (non-hydrogen) atoms. The quantitative estimate of drug-likeness (QED) is 0.709. The number of methoxy groups -OCH3 is 1. The Balaban J connectivity index is 2.93. The molecule has 0 aromatic heterocycles. The normalized spacial score (nSPS) is 14.2. The molecule has 1 rings (SSSR count). The molecule has 0 N–H and O–H groups in total. The topological polar surface area (TPSA) is 9.23 Å². The fraction of sp³-hybridized carbons (Fsp3) is 0.333. The molecule has 0 saturated heterocycles. The first-order valence-electron chi connectivity index (χ1n) is 3.61. The Morgan fingerprint density at radius 2 is 2.15 bits per heavy atom. The van der Waals surface area contributed by atoms with E-state index >= 15 is 0 Å². The lowest BCUT2D eigenvalue weighted by atomic mass is 10.1. The minimum atomic E-state index is -3.64. The summed E-state index contributed by atoms with van der Waals surface area (Å²) in [5.74, 6) is -3.64. The molecule has 0 fully saturated rings. The molecule has 0 heterocycles. The zero-order valence-electron chi connectivity index (χ0n) is 6.93. The molecule has 1 atom stereocenters. The lowest BCUT2D eigenvalue weighted by molar-refractivity contribution is -0.190. The largest absolute Gasteiger partial charge is 0.347 e. The molecule has 0 saturated carbocycles. The molecule has 1 radical (unpaired) electrons. The first kappa shape index (κ1) is 10.1. The van der Waals surface area contributed by atoms with Crippen molar-refractivity contribution in [1.82, 2.24) is 0 Å². The molecule has 0 aliphatic heterocycles. The van der Waals surface area contributed by atoms with Gasteiger partial charge in [0, 0.05) is 12.7 Å². The number of halogens is 3. The van der Waals surface area contributed by atoms with Crippen molar-refractivity contribution in [3.05, 3.63) is 35.9 Å². The lowest BCUT2D eigenvalue weighted by Gasteiger charge is -2.18. The Bertz CT molecular complexity index is 261. The number of hydrogen-bond donors (Lipinski definition) is 0. The van der Waals surface area contributed by atoms with Crippen molar-refractivity contribution < 1.29 is 17.9 Å². The molecule has 0 spiro atoms. The van der Waals surface area contributed by atoms with Gasteiger partial charge in [-0.25, -0.2) is 4.39 Å². The first-order valence-corrected chi connectivity index (χ1v) is 3.61. The minimum Gasteiger partial charge on any atom is -0.347 e. The summed E-state index contributed by atoms with van der Waals surface area (Å²) in [6.07, 6.45) is -2.63. The third-order valence-corrected chi connectivity index (χ3v) is 1.56. The van der Waals surface area contributed by atoms with E-state index in [-0.39, 0.29) is 0 Å². The predicted molar refractivity (Wildman–Crippen MR) is 41.1 cm³/mol. The molecule has 4 heteroatoms. The monoisotopic (exact) mass is 189 g/mol. The highest BCUT2D eigenvalue weighted by Gasteiger charge is 2.42. The van der Waals surface area contributed by atoms with Crippen LogP contribution in [-0.2, 0) is 10.7 Å². The minimum absolute atomic E-state index is 0.510. The number of benzene rings is 1. The Kier molecular flexibility index (Phi) is 2.93. The van der Waals surface area contributed by atoms with E-state index in [9.17, 15) is 13.2 Å². The summed E-state index contributed by atoms with van der Waals surface area (Å²) in [4.78, 5) is 0. The molecule has 1 unspecified atom stereocenters. The van der Waals surface area contributed by atoms with Crippen LogP contribution in [0.5, 0.6) is 0 Å². The van der Waals surface area contributed by atoms with Crippen molar-refractivity contribution in [3.8, 4) is 0 Å². The van der Waals surface area contributed by atoms with Crippen LogP contribution in [0.4, 0.5) is 13.2 Å². The van der Waals surface area contributed by atoms with E-state index in [4.69, 9.17) is 0 Å². The highest BCUT2D eigenvalue weighted by molar-refractivity contribution is 5.19.